The van der Waals surface area contributed by atoms with Gasteiger partial charge < -0.3 is 19.4 Å². The van der Waals surface area contributed by atoms with E-state index in [1.807, 2.05) is 0 Å². The van der Waals surface area contributed by atoms with Crippen LogP contribution in [-0.2, 0) is 22.5 Å². The molecule has 2 aromatic carbocycles. The molecule has 4 aromatic rings. The molecule has 9 nitrogen and oxygen atoms in total. The number of H-pyrrole nitrogens is 1. The Hall–Kier alpha value is -3.57. The van der Waals surface area contributed by atoms with Crippen LogP contribution in [0.3, 0.4) is 0 Å². The smallest absolute Gasteiger partial charge is 0.275 e. The molecule has 188 valence electrons. The minimum absolute atomic E-state index is 0.112. The number of carbonyl (C=O) groups is 1. The summed E-state index contributed by atoms with van der Waals surface area (Å²) < 4.78 is 36.6. The molecule has 1 aliphatic heterocycles. The van der Waals surface area contributed by atoms with Crippen LogP contribution in [0.15, 0.2) is 41.2 Å². The average molecular weight is 518 g/mol. The number of aromatic nitrogens is 4. The van der Waals surface area contributed by atoms with Gasteiger partial charge in [-0.05, 0) is 12.1 Å². The summed E-state index contributed by atoms with van der Waals surface area (Å²) in [6.07, 6.45) is -2.40. The summed E-state index contributed by atoms with van der Waals surface area (Å²) >= 11 is 6.17. The third-order valence-electron chi connectivity index (χ3n) is 5.88. The molecule has 1 N–H and O–H groups in total. The Morgan fingerprint density at radius 1 is 1.19 bits per heavy atom. The zero-order chi connectivity index (χ0) is 25.2. The van der Waals surface area contributed by atoms with Crippen LogP contribution in [0, 0.1) is 0 Å². The molecule has 0 bridgehead atoms. The molecule has 0 radical (unpaired) electrons. The van der Waals surface area contributed by atoms with Gasteiger partial charge in [-0.25, -0.2) is 18.4 Å². The topological polar surface area (TPSA) is 102 Å². The van der Waals surface area contributed by atoms with Gasteiger partial charge in [-0.3, -0.25) is 9.59 Å². The Kier molecular flexibility index (Phi) is 6.84. The zero-order valence-corrected chi connectivity index (χ0v) is 19.8. The number of amides is 1. The zero-order valence-electron chi connectivity index (χ0n) is 19.0. The number of hydrogen-bond acceptors (Lipinski definition) is 6. The van der Waals surface area contributed by atoms with Crippen molar-refractivity contribution in [2.24, 2.45) is 0 Å². The normalized spacial score (nSPS) is 14.2. The first-order chi connectivity index (χ1) is 17.4. The molecule has 1 amide bonds. The number of fused-ring (bicyclic) bond motifs is 2. The van der Waals surface area contributed by atoms with Gasteiger partial charge in [-0.1, -0.05) is 29.8 Å². The quantitative estimate of drug-likeness (QED) is 0.404. The Bertz CT molecular complexity index is 1480. The van der Waals surface area contributed by atoms with Gasteiger partial charge in [0.2, 0.25) is 5.91 Å². The second-order valence-corrected chi connectivity index (χ2v) is 8.72. The van der Waals surface area contributed by atoms with Crippen molar-refractivity contribution < 1.29 is 23.0 Å². The number of imidazole rings is 1. The average Bonchev–Trinajstić information content (AvgIpc) is 3.26. The molecule has 1 fully saturated rings. The Morgan fingerprint density at radius 2 is 1.94 bits per heavy atom. The van der Waals surface area contributed by atoms with Gasteiger partial charge in [0.25, 0.3) is 12.0 Å². The fourth-order valence-corrected chi connectivity index (χ4v) is 4.37. The number of carbonyl (C=O) groups excluding carboxylic acids is 1. The summed E-state index contributed by atoms with van der Waals surface area (Å²) in [5.41, 5.74) is 1.28. The fourth-order valence-electron chi connectivity index (χ4n) is 4.15. The summed E-state index contributed by atoms with van der Waals surface area (Å²) in [7, 11) is 0. The Morgan fingerprint density at radius 3 is 2.69 bits per heavy atom. The number of alkyl halides is 2. The van der Waals surface area contributed by atoms with E-state index in [0.29, 0.717) is 59.6 Å². The molecule has 36 heavy (non-hydrogen) atoms. The maximum absolute atomic E-state index is 13.1. The van der Waals surface area contributed by atoms with Crippen LogP contribution in [0.1, 0.15) is 11.5 Å². The first-order valence-corrected chi connectivity index (χ1v) is 11.7. The van der Waals surface area contributed by atoms with Gasteiger partial charge >= 0.3 is 0 Å². The van der Waals surface area contributed by atoms with E-state index in [1.165, 1.54) is 10.7 Å². The predicted molar refractivity (Wildman–Crippen MR) is 129 cm³/mol. The highest BCUT2D eigenvalue weighted by Gasteiger charge is 2.20. The predicted octanol–water partition coefficient (Wildman–Crippen LogP) is 3.02. The second-order valence-electron chi connectivity index (χ2n) is 8.31. The second kappa shape index (κ2) is 10.2. The van der Waals surface area contributed by atoms with Crippen molar-refractivity contribution in [1.82, 2.24) is 24.6 Å². The number of halogens is 3. The van der Waals surface area contributed by atoms with Crippen molar-refractivity contribution in [2.75, 3.05) is 32.9 Å². The largest absolute Gasteiger partial charge is 0.486 e. The summed E-state index contributed by atoms with van der Waals surface area (Å²) in [6.45, 7) is 0.904. The highest BCUT2D eigenvalue weighted by atomic mass is 35.5. The van der Waals surface area contributed by atoms with E-state index in [9.17, 15) is 18.4 Å². The summed E-state index contributed by atoms with van der Waals surface area (Å²) in [4.78, 5) is 35.2. The van der Waals surface area contributed by atoms with Gasteiger partial charge in [0, 0.05) is 24.5 Å². The molecule has 2 aromatic heterocycles. The number of hydrogen-bond donors (Lipinski definition) is 1. The Labute approximate surface area is 208 Å². The number of aromatic amines is 1. The van der Waals surface area contributed by atoms with Gasteiger partial charge in [0.05, 0.1) is 46.8 Å². The number of nitrogens with one attached hydrogen (secondary N) is 1. The molecular weight excluding hydrogens is 496 g/mol. The molecule has 0 spiro atoms. The van der Waals surface area contributed by atoms with E-state index < -0.39 is 13.0 Å². The molecule has 1 saturated heterocycles. The van der Waals surface area contributed by atoms with Gasteiger partial charge in [-0.15, -0.1) is 0 Å². The van der Waals surface area contributed by atoms with E-state index in [4.69, 9.17) is 21.1 Å². The lowest BCUT2D eigenvalue weighted by Gasteiger charge is -2.26. The van der Waals surface area contributed by atoms with E-state index in [-0.39, 0.29) is 35.2 Å². The standard InChI is InChI=1S/C24H22ClF2N5O4/c25-16-9-18-19(10-20(16)36-13-21(26)27)29-22(28-18)11-17-14-3-1-2-4-15(14)24(34)32(30-17)12-23(33)31-5-7-35-8-6-31/h1-4,9-10,21H,5-8,11-13H2,(H,28,29). The molecule has 5 rings (SSSR count). The minimum Gasteiger partial charge on any atom is -0.486 e. The maximum Gasteiger partial charge on any atom is 0.275 e. The SMILES string of the molecule is O=C(Cn1nc(Cc2nc3cc(OCC(F)F)c(Cl)cc3[nH]2)c2ccccc2c1=O)N1CCOCC1. The first kappa shape index (κ1) is 24.1. The lowest BCUT2D eigenvalue weighted by Crippen LogP contribution is -2.43. The summed E-state index contributed by atoms with van der Waals surface area (Å²) in [5, 5.41) is 5.79. The number of rotatable bonds is 7. The lowest BCUT2D eigenvalue weighted by atomic mass is 10.1. The van der Waals surface area contributed by atoms with E-state index >= 15 is 0 Å². The number of morpholine rings is 1. The van der Waals surface area contributed by atoms with Crippen molar-refractivity contribution in [3.63, 3.8) is 0 Å². The van der Waals surface area contributed by atoms with Crippen LogP contribution in [0.5, 0.6) is 5.75 Å². The number of ether oxygens (including phenoxy) is 2. The highest BCUT2D eigenvalue weighted by molar-refractivity contribution is 6.32. The van der Waals surface area contributed by atoms with Crippen LogP contribution in [0.2, 0.25) is 5.02 Å². The fraction of sp³-hybridized carbons (Fsp3) is 0.333. The monoisotopic (exact) mass is 517 g/mol. The molecule has 0 saturated carbocycles. The number of nitrogens with zero attached hydrogens (tertiary/aromatic N) is 4. The van der Waals surface area contributed by atoms with E-state index in [2.05, 4.69) is 15.1 Å². The maximum atomic E-state index is 13.1. The van der Waals surface area contributed by atoms with E-state index in [1.54, 1.807) is 35.2 Å². The molecule has 12 heteroatoms. The van der Waals surface area contributed by atoms with Crippen LogP contribution in [0.25, 0.3) is 21.8 Å². The van der Waals surface area contributed by atoms with Crippen molar-refractivity contribution in [1.29, 1.82) is 0 Å². The first-order valence-electron chi connectivity index (χ1n) is 11.3. The minimum atomic E-state index is -2.63. The molecule has 3 heterocycles. The van der Waals surface area contributed by atoms with Crippen molar-refractivity contribution in [2.45, 2.75) is 19.4 Å². The third kappa shape index (κ3) is 5.02. The summed E-state index contributed by atoms with van der Waals surface area (Å²) in [6, 6.07) is 10.1. The molecule has 0 aliphatic carbocycles. The van der Waals surface area contributed by atoms with Crippen LogP contribution in [-0.4, -0.2) is 69.9 Å². The van der Waals surface area contributed by atoms with E-state index in [0.717, 1.165) is 0 Å². The highest BCUT2D eigenvalue weighted by Crippen LogP contribution is 2.30. The number of benzene rings is 2. The van der Waals surface area contributed by atoms with Gasteiger partial charge in [0.15, 0.2) is 0 Å². The van der Waals surface area contributed by atoms with Crippen LogP contribution >= 0.6 is 11.6 Å². The molecular formula is C24H22ClF2N5O4. The molecule has 0 unspecified atom stereocenters. The van der Waals surface area contributed by atoms with Gasteiger partial charge in [0.1, 0.15) is 24.7 Å². The van der Waals surface area contributed by atoms with Crippen molar-refractivity contribution in [3.8, 4) is 5.75 Å². The van der Waals surface area contributed by atoms with Crippen molar-refractivity contribution >= 4 is 39.3 Å². The lowest BCUT2D eigenvalue weighted by molar-refractivity contribution is -0.136. The Balaban J connectivity index is 1.47. The van der Waals surface area contributed by atoms with Gasteiger partial charge in [-0.2, -0.15) is 5.10 Å². The molecule has 0 atom stereocenters. The van der Waals surface area contributed by atoms with Crippen LogP contribution in [0.4, 0.5) is 8.78 Å². The summed E-state index contributed by atoms with van der Waals surface area (Å²) in [5.74, 6) is 0.430. The van der Waals surface area contributed by atoms with Crippen molar-refractivity contribution in [3.05, 3.63) is 63.3 Å². The van der Waals surface area contributed by atoms with Crippen LogP contribution < -0.4 is 10.3 Å². The third-order valence-corrected chi connectivity index (χ3v) is 6.17. The molecule has 1 aliphatic rings.